The van der Waals surface area contributed by atoms with E-state index in [4.69, 9.17) is 5.21 Å². The fourth-order valence-corrected chi connectivity index (χ4v) is 2.95. The van der Waals surface area contributed by atoms with Crippen LogP contribution in [0.4, 0.5) is 0 Å². The van der Waals surface area contributed by atoms with Crippen molar-refractivity contribution < 1.29 is 52.3 Å². The number of rotatable bonds is 5. The highest BCUT2D eigenvalue weighted by Crippen LogP contribution is 2.56. The van der Waals surface area contributed by atoms with Gasteiger partial charge in [-0.3, -0.25) is 8.88 Å². The first kappa shape index (κ1) is 14.4. The Morgan fingerprint density at radius 2 is 1.43 bits per heavy atom. The summed E-state index contributed by atoms with van der Waals surface area (Å²) < 4.78 is 36.2. The third-order valence-corrected chi connectivity index (χ3v) is 4.15. The summed E-state index contributed by atoms with van der Waals surface area (Å²) in [6.07, 6.45) is 0. The van der Waals surface area contributed by atoms with Crippen LogP contribution < -0.4 is 24.8 Å². The number of phosphoric acid groups is 2. The van der Waals surface area contributed by atoms with E-state index in [-0.39, 0.29) is 0 Å². The van der Waals surface area contributed by atoms with Crippen molar-refractivity contribution in [1.82, 2.24) is 0 Å². The van der Waals surface area contributed by atoms with Crippen LogP contribution in [-0.2, 0) is 22.3 Å². The lowest BCUT2D eigenvalue weighted by Gasteiger charge is -2.35. The monoisotopic (exact) mass is 270 g/mol. The second-order valence-electron chi connectivity index (χ2n) is 1.71. The maximum absolute atomic E-state index is 10.3. The van der Waals surface area contributed by atoms with Gasteiger partial charge in [-0.15, -0.1) is 0 Å². The molecule has 0 radical (unpaired) electrons. The van der Waals surface area contributed by atoms with Crippen molar-refractivity contribution >= 4 is 23.4 Å². The molecule has 86 valence electrons. The maximum Gasteiger partial charge on any atom is 0.363 e. The van der Waals surface area contributed by atoms with Crippen molar-refractivity contribution in [2.75, 3.05) is 0 Å². The van der Waals surface area contributed by atoms with Gasteiger partial charge in [0.05, 0.1) is 7.82 Å². The molecule has 0 spiro atoms. The second-order valence-corrected chi connectivity index (χ2v) is 6.12. The molecular weight excluding hydrogens is 267 g/mol. The van der Waals surface area contributed by atoms with Crippen LogP contribution in [0.2, 0.25) is 0 Å². The lowest BCUT2D eigenvalue weighted by atomic mass is 13.5. The predicted octanol–water partition coefficient (Wildman–Crippen LogP) is -4.26. The quantitative estimate of drug-likeness (QED) is 0.363. The van der Waals surface area contributed by atoms with E-state index < -0.39 is 28.6 Å². The largest absolute Gasteiger partial charge is 0.790 e. The van der Waals surface area contributed by atoms with Gasteiger partial charge in [0.2, 0.25) is 0 Å². The van der Waals surface area contributed by atoms with Crippen molar-refractivity contribution in [3.05, 3.63) is 0 Å². The molecule has 0 rings (SSSR count). The minimum Gasteiger partial charge on any atom is -0.790 e. The molecule has 0 amide bonds. The summed E-state index contributed by atoms with van der Waals surface area (Å²) in [5.74, 6) is 0. The first-order valence-electron chi connectivity index (χ1n) is 2.52. The Balaban J connectivity index is 4.60. The van der Waals surface area contributed by atoms with Gasteiger partial charge < -0.3 is 24.1 Å². The summed E-state index contributed by atoms with van der Waals surface area (Å²) in [6, 6.07) is 0. The van der Waals surface area contributed by atoms with E-state index in [1.54, 1.807) is 0 Å². The molecular formula is H3NO10P3-3. The molecule has 0 heterocycles. The summed E-state index contributed by atoms with van der Waals surface area (Å²) in [5.41, 5.74) is 0. The molecule has 3 N–H and O–H groups in total. The standard InChI is InChI=1S/H6NO10P3/c2-1-12(3,4)10-14(8,9)11-13(5,6)7/h2H,(H,8,9)(H2,1,3,4)(H2,5,6,7)/p-3. The Bertz CT molecular complexity index is 324. The third-order valence-electron chi connectivity index (χ3n) is 0.555. The number of hydrogen-bond donors (Lipinski definition) is 2. The average Bonchev–Trinajstić information content (AvgIpc) is 1.78. The molecule has 0 aromatic heterocycles. The van der Waals surface area contributed by atoms with Crippen LogP contribution in [-0.4, -0.2) is 5.21 Å². The molecule has 0 saturated heterocycles. The Hall–Kier alpha value is 0.370. The summed E-state index contributed by atoms with van der Waals surface area (Å²) in [7, 11) is -17.1. The summed E-state index contributed by atoms with van der Waals surface area (Å²) in [5, 5.41) is 7.25. The van der Waals surface area contributed by atoms with Crippen molar-refractivity contribution in [1.29, 1.82) is 0 Å². The molecule has 0 aliphatic rings. The number of hydrogen-bond acceptors (Lipinski definition) is 10. The van der Waals surface area contributed by atoms with Crippen molar-refractivity contribution in [2.24, 2.45) is 0 Å². The van der Waals surface area contributed by atoms with Gasteiger partial charge in [0.25, 0.3) is 7.82 Å². The minimum absolute atomic E-state index is 0.637. The SMILES string of the molecule is O=P([O-])([O-])OP(=O)([O-])OP(=O)([O-])[NH2+]O. The molecule has 0 aliphatic carbocycles. The van der Waals surface area contributed by atoms with E-state index >= 15 is 0 Å². The fourth-order valence-electron chi connectivity index (χ4n) is 0.298. The molecule has 14 heteroatoms. The van der Waals surface area contributed by atoms with E-state index in [0.29, 0.717) is 0 Å². The topological polar surface area (TPSA) is 199 Å². The number of nitrogens with two attached hydrogens (primary N) is 1. The molecule has 0 fully saturated rings. The van der Waals surface area contributed by atoms with Gasteiger partial charge in [0, 0.05) is 0 Å². The molecule has 0 saturated carbocycles. The molecule has 0 aliphatic heterocycles. The molecule has 0 bridgehead atoms. The molecule has 14 heavy (non-hydrogen) atoms. The zero-order chi connectivity index (χ0) is 11.6. The lowest BCUT2D eigenvalue weighted by Crippen LogP contribution is -2.77. The van der Waals surface area contributed by atoms with Crippen molar-refractivity contribution in [3.63, 3.8) is 0 Å². The maximum atomic E-state index is 10.3. The highest BCUT2D eigenvalue weighted by molar-refractivity contribution is 7.64. The smallest absolute Gasteiger partial charge is 0.363 e. The molecule has 2 unspecified atom stereocenters. The van der Waals surface area contributed by atoms with Gasteiger partial charge in [-0.1, -0.05) is 0 Å². The third kappa shape index (κ3) is 6.77. The van der Waals surface area contributed by atoms with Crippen LogP contribution >= 0.6 is 23.4 Å². The first-order valence-corrected chi connectivity index (χ1v) is 7.06. The van der Waals surface area contributed by atoms with Crippen LogP contribution in [0.25, 0.3) is 0 Å². The van der Waals surface area contributed by atoms with Crippen LogP contribution in [0, 0.1) is 0 Å². The zero-order valence-electron chi connectivity index (χ0n) is 6.04. The highest BCUT2D eigenvalue weighted by Gasteiger charge is 2.23. The molecule has 0 aromatic carbocycles. The average molecular weight is 270 g/mol. The predicted molar refractivity (Wildman–Crippen MR) is 28.7 cm³/mol. The summed E-state index contributed by atoms with van der Waals surface area (Å²) in [4.78, 5) is 40.1. The van der Waals surface area contributed by atoms with Crippen LogP contribution in [0.15, 0.2) is 0 Å². The number of quaternary nitrogens is 1. The van der Waals surface area contributed by atoms with Gasteiger partial charge in [0.1, 0.15) is 0 Å². The van der Waals surface area contributed by atoms with Crippen LogP contribution in [0.5, 0.6) is 0 Å². The second kappa shape index (κ2) is 4.48. The summed E-state index contributed by atoms with van der Waals surface area (Å²) >= 11 is 0. The normalized spacial score (nSPS) is 21.2. The van der Waals surface area contributed by atoms with E-state index in [0.717, 1.165) is 0 Å². The van der Waals surface area contributed by atoms with Crippen LogP contribution in [0.1, 0.15) is 0 Å². The van der Waals surface area contributed by atoms with Gasteiger partial charge >= 0.3 is 7.75 Å². The van der Waals surface area contributed by atoms with Crippen molar-refractivity contribution in [2.45, 2.75) is 0 Å². The zero-order valence-corrected chi connectivity index (χ0v) is 8.72. The van der Waals surface area contributed by atoms with Gasteiger partial charge in [-0.2, -0.15) is 5.25 Å². The molecule has 0 aromatic rings. The highest BCUT2D eigenvalue weighted by atomic mass is 31.3. The lowest BCUT2D eigenvalue weighted by molar-refractivity contribution is -0.797. The van der Waals surface area contributed by atoms with E-state index in [1.807, 2.05) is 0 Å². The van der Waals surface area contributed by atoms with Crippen LogP contribution in [0.3, 0.4) is 0 Å². The van der Waals surface area contributed by atoms with Gasteiger partial charge in [0.15, 0.2) is 0 Å². The Labute approximate surface area is 76.7 Å². The molecule has 2 atom stereocenters. The van der Waals surface area contributed by atoms with E-state index in [1.165, 1.54) is 0 Å². The Morgan fingerprint density at radius 1 is 1.00 bits per heavy atom. The molecule has 11 nitrogen and oxygen atoms in total. The Kier molecular flexibility index (Phi) is 4.60. The fraction of sp³-hybridized carbons (Fsp3) is 0. The van der Waals surface area contributed by atoms with Gasteiger partial charge in [-0.05, 0) is 0 Å². The Morgan fingerprint density at radius 3 is 1.71 bits per heavy atom. The first-order chi connectivity index (χ1) is 5.97. The van der Waals surface area contributed by atoms with Crippen molar-refractivity contribution in [3.8, 4) is 0 Å². The van der Waals surface area contributed by atoms with Gasteiger partial charge in [-0.25, -0.2) is 14.1 Å². The van der Waals surface area contributed by atoms with E-state index in [9.17, 15) is 33.3 Å². The summed E-state index contributed by atoms with van der Waals surface area (Å²) in [6.45, 7) is 0. The minimum atomic E-state index is -5.94. The van der Waals surface area contributed by atoms with E-state index in [2.05, 4.69) is 8.62 Å².